The molecule has 1 aromatic heterocycles. The van der Waals surface area contributed by atoms with E-state index in [1.54, 1.807) is 14.2 Å². The fourth-order valence-corrected chi connectivity index (χ4v) is 6.33. The fraction of sp³-hybridized carbons (Fsp3) is 0.417. The van der Waals surface area contributed by atoms with Gasteiger partial charge in [0.25, 0.3) is 5.91 Å². The number of fused-ring (bicyclic) bond motifs is 1. The van der Waals surface area contributed by atoms with Crippen LogP contribution >= 0.6 is 11.3 Å². The molecule has 1 saturated heterocycles. The van der Waals surface area contributed by atoms with Crippen LogP contribution in [0.1, 0.15) is 36.5 Å². The fourth-order valence-electron chi connectivity index (χ4n) is 4.05. The quantitative estimate of drug-likeness (QED) is 0.468. The Labute approximate surface area is 203 Å². The highest BCUT2D eigenvalue weighted by Crippen LogP contribution is 2.27. The molecule has 1 fully saturated rings. The number of thiazole rings is 1. The molecule has 2 heterocycles. The summed E-state index contributed by atoms with van der Waals surface area (Å²) in [7, 11) is -0.499. The van der Waals surface area contributed by atoms with Gasteiger partial charge in [0.05, 0.1) is 22.8 Å². The van der Waals surface area contributed by atoms with Gasteiger partial charge in [0.2, 0.25) is 10.0 Å². The zero-order valence-corrected chi connectivity index (χ0v) is 21.2. The van der Waals surface area contributed by atoms with Gasteiger partial charge in [-0.3, -0.25) is 4.79 Å². The first-order chi connectivity index (χ1) is 16.3. The first kappa shape index (κ1) is 24.6. The van der Waals surface area contributed by atoms with E-state index in [0.717, 1.165) is 35.2 Å². The lowest BCUT2D eigenvalue weighted by Crippen LogP contribution is -2.34. The number of carbonyl (C=O) groups excluding carboxylic acids is 1. The lowest BCUT2D eigenvalue weighted by atomic mass is 10.2. The van der Waals surface area contributed by atoms with Gasteiger partial charge in [0, 0.05) is 32.3 Å². The molecule has 0 N–H and O–H groups in total. The predicted octanol–water partition coefficient (Wildman–Crippen LogP) is 3.66. The highest BCUT2D eigenvalue weighted by atomic mass is 32.2. The second-order valence-corrected chi connectivity index (χ2v) is 11.3. The van der Waals surface area contributed by atoms with Crippen molar-refractivity contribution in [2.24, 2.45) is 4.99 Å². The second-order valence-electron chi connectivity index (χ2n) is 8.21. The third kappa shape index (κ3) is 4.95. The van der Waals surface area contributed by atoms with Crippen molar-refractivity contribution in [1.82, 2.24) is 8.87 Å². The Balaban J connectivity index is 1.61. The summed E-state index contributed by atoms with van der Waals surface area (Å²) in [6, 6.07) is 11.7. The van der Waals surface area contributed by atoms with Crippen LogP contribution in [0.3, 0.4) is 0 Å². The van der Waals surface area contributed by atoms with Crippen LogP contribution in [0, 0.1) is 0 Å². The average molecular weight is 504 g/mol. The van der Waals surface area contributed by atoms with Gasteiger partial charge >= 0.3 is 0 Å². The van der Waals surface area contributed by atoms with Gasteiger partial charge in [-0.2, -0.15) is 9.30 Å². The number of amides is 1. The van der Waals surface area contributed by atoms with Crippen LogP contribution in [0.25, 0.3) is 10.2 Å². The van der Waals surface area contributed by atoms with Crippen molar-refractivity contribution in [3.63, 3.8) is 0 Å². The normalized spacial score (nSPS) is 17.1. The Bertz CT molecular complexity index is 1340. The molecule has 8 nitrogen and oxygen atoms in total. The number of hydrogen-bond acceptors (Lipinski definition) is 6. The van der Waals surface area contributed by atoms with E-state index in [4.69, 9.17) is 9.47 Å². The van der Waals surface area contributed by atoms with Gasteiger partial charge in [-0.05, 0) is 55.7 Å². The summed E-state index contributed by atoms with van der Waals surface area (Å²) >= 11 is 1.42. The highest BCUT2D eigenvalue weighted by molar-refractivity contribution is 7.89. The van der Waals surface area contributed by atoms with E-state index in [9.17, 15) is 13.2 Å². The average Bonchev–Trinajstić information content (AvgIpc) is 3.47. The molecule has 0 radical (unpaired) electrons. The van der Waals surface area contributed by atoms with Crippen molar-refractivity contribution in [3.05, 3.63) is 52.8 Å². The van der Waals surface area contributed by atoms with Gasteiger partial charge in [-0.1, -0.05) is 24.3 Å². The van der Waals surface area contributed by atoms with Gasteiger partial charge in [-0.15, -0.1) is 0 Å². The van der Waals surface area contributed by atoms with Crippen LogP contribution in [-0.2, 0) is 21.3 Å². The molecule has 1 aliphatic rings. The number of rotatable bonds is 8. The van der Waals surface area contributed by atoms with Gasteiger partial charge in [-0.25, -0.2) is 8.42 Å². The number of para-hydroxylation sites is 1. The maximum absolute atomic E-state index is 12.9. The number of likely N-dealkylation sites (N-methyl/N-ethyl adjacent to an activating group) is 1. The van der Waals surface area contributed by atoms with Gasteiger partial charge < -0.3 is 14.0 Å². The summed E-state index contributed by atoms with van der Waals surface area (Å²) in [5.74, 6) is 0.310. The minimum atomic E-state index is -3.67. The van der Waals surface area contributed by atoms with E-state index in [2.05, 4.69) is 11.9 Å². The summed E-state index contributed by atoms with van der Waals surface area (Å²) in [4.78, 5) is 18.0. The Morgan fingerprint density at radius 3 is 2.68 bits per heavy atom. The number of benzene rings is 2. The molecule has 10 heteroatoms. The van der Waals surface area contributed by atoms with Crippen LogP contribution in [0.15, 0.2) is 52.4 Å². The number of hydrogen-bond donors (Lipinski definition) is 0. The molecule has 0 spiro atoms. The minimum Gasteiger partial charge on any atom is -0.495 e. The topological polar surface area (TPSA) is 90.2 Å². The SMILES string of the molecule is CCCn1c(=NC(=O)c2ccc(S(=O)(=O)N(C)CC3CCCO3)cc2)sc2cccc(OC)c21. The molecular formula is C24H29N3O5S2. The van der Waals surface area contributed by atoms with Crippen molar-refractivity contribution < 1.29 is 22.7 Å². The van der Waals surface area contributed by atoms with Gasteiger partial charge in [0.15, 0.2) is 4.80 Å². The first-order valence-corrected chi connectivity index (χ1v) is 13.5. The molecule has 0 bridgehead atoms. The molecule has 1 atom stereocenters. The molecule has 2 aromatic carbocycles. The summed E-state index contributed by atoms with van der Waals surface area (Å²) < 4.78 is 41.2. The standard InChI is InChI=1S/C24H29N3O5S2/c1-4-14-27-22-20(31-3)8-5-9-21(22)33-24(27)25-23(28)17-10-12-19(13-11-17)34(29,30)26(2)16-18-7-6-15-32-18/h5,8-13,18H,4,6-7,14-16H2,1-3H3. The van der Waals surface area contributed by atoms with Crippen molar-refractivity contribution in [2.45, 2.75) is 43.7 Å². The Kier molecular flexibility index (Phi) is 7.51. The maximum atomic E-state index is 12.9. The Hall–Kier alpha value is -2.53. The summed E-state index contributed by atoms with van der Waals surface area (Å²) in [5, 5.41) is 0. The number of ether oxygens (including phenoxy) is 2. The Morgan fingerprint density at radius 1 is 1.26 bits per heavy atom. The highest BCUT2D eigenvalue weighted by Gasteiger charge is 2.26. The van der Waals surface area contributed by atoms with Gasteiger partial charge in [0.1, 0.15) is 11.3 Å². The minimum absolute atomic E-state index is 0.0748. The largest absolute Gasteiger partial charge is 0.495 e. The number of aryl methyl sites for hydroxylation is 1. The summed E-state index contributed by atoms with van der Waals surface area (Å²) in [6.45, 7) is 3.74. The number of carbonyl (C=O) groups is 1. The molecule has 182 valence electrons. The van der Waals surface area contributed by atoms with E-state index in [-0.39, 0.29) is 11.0 Å². The van der Waals surface area contributed by atoms with Crippen LogP contribution in [-0.4, -0.2) is 56.6 Å². The molecule has 1 aliphatic heterocycles. The van der Waals surface area contributed by atoms with E-state index >= 15 is 0 Å². The van der Waals surface area contributed by atoms with Crippen molar-refractivity contribution in [1.29, 1.82) is 0 Å². The van der Waals surface area contributed by atoms with E-state index in [0.29, 0.717) is 30.1 Å². The monoisotopic (exact) mass is 503 g/mol. The second kappa shape index (κ2) is 10.4. The summed E-state index contributed by atoms with van der Waals surface area (Å²) in [6.07, 6.45) is 2.60. The van der Waals surface area contributed by atoms with E-state index in [1.165, 1.54) is 39.9 Å². The number of nitrogens with zero attached hydrogens (tertiary/aromatic N) is 3. The molecule has 1 unspecified atom stereocenters. The van der Waals surface area contributed by atoms with Crippen LogP contribution in [0.2, 0.25) is 0 Å². The smallest absolute Gasteiger partial charge is 0.279 e. The molecular weight excluding hydrogens is 474 g/mol. The van der Waals surface area contributed by atoms with E-state index < -0.39 is 15.9 Å². The molecule has 1 amide bonds. The maximum Gasteiger partial charge on any atom is 0.279 e. The van der Waals surface area contributed by atoms with Crippen LogP contribution in [0.5, 0.6) is 5.75 Å². The molecule has 34 heavy (non-hydrogen) atoms. The van der Waals surface area contributed by atoms with Crippen molar-refractivity contribution in [2.75, 3.05) is 27.3 Å². The van der Waals surface area contributed by atoms with E-state index in [1.807, 2.05) is 22.8 Å². The first-order valence-electron chi connectivity index (χ1n) is 11.3. The number of sulfonamides is 1. The molecule has 0 saturated carbocycles. The lowest BCUT2D eigenvalue weighted by Gasteiger charge is -2.20. The van der Waals surface area contributed by atoms with Crippen LogP contribution in [0.4, 0.5) is 0 Å². The number of aromatic nitrogens is 1. The summed E-state index contributed by atoms with van der Waals surface area (Å²) in [5.41, 5.74) is 1.24. The third-order valence-electron chi connectivity index (χ3n) is 5.82. The Morgan fingerprint density at radius 2 is 2.03 bits per heavy atom. The zero-order valence-electron chi connectivity index (χ0n) is 19.6. The molecule has 0 aliphatic carbocycles. The third-order valence-corrected chi connectivity index (χ3v) is 8.70. The number of methoxy groups -OCH3 is 1. The molecule has 4 rings (SSSR count). The lowest BCUT2D eigenvalue weighted by molar-refractivity contribution is 0.0979. The predicted molar refractivity (Wildman–Crippen MR) is 132 cm³/mol. The van der Waals surface area contributed by atoms with Crippen molar-refractivity contribution >= 4 is 37.5 Å². The van der Waals surface area contributed by atoms with Crippen LogP contribution < -0.4 is 9.54 Å². The molecule has 3 aromatic rings. The van der Waals surface area contributed by atoms with Crippen molar-refractivity contribution in [3.8, 4) is 5.75 Å². The zero-order chi connectivity index (χ0) is 24.3.